The van der Waals surface area contributed by atoms with Crippen LogP contribution >= 0.6 is 0 Å². The van der Waals surface area contributed by atoms with Crippen molar-refractivity contribution in [3.05, 3.63) is 18.2 Å². The number of fused-ring (bicyclic) bond motifs is 1. The van der Waals surface area contributed by atoms with Crippen molar-refractivity contribution >= 4 is 23.5 Å². The van der Waals surface area contributed by atoms with Crippen LogP contribution in [0.2, 0.25) is 0 Å². The predicted molar refractivity (Wildman–Crippen MR) is 92.2 cm³/mol. The molecule has 0 spiro atoms. The molecule has 0 unspecified atom stereocenters. The maximum absolute atomic E-state index is 12.5. The number of nitrogens with one attached hydrogen (secondary N) is 1. The molecular formula is C19H21NO7. The van der Waals surface area contributed by atoms with Crippen molar-refractivity contribution in [1.82, 2.24) is 0 Å². The first-order valence-electron chi connectivity index (χ1n) is 8.91. The first kappa shape index (κ1) is 17.6. The van der Waals surface area contributed by atoms with Crippen LogP contribution in [0.25, 0.3) is 0 Å². The van der Waals surface area contributed by atoms with E-state index in [0.29, 0.717) is 23.6 Å². The average molecular weight is 375 g/mol. The van der Waals surface area contributed by atoms with Crippen LogP contribution in [-0.2, 0) is 23.9 Å². The molecule has 1 saturated heterocycles. The minimum absolute atomic E-state index is 0.0413. The summed E-state index contributed by atoms with van der Waals surface area (Å²) >= 11 is 0. The molecule has 5 atom stereocenters. The highest BCUT2D eigenvalue weighted by Crippen LogP contribution is 2.57. The van der Waals surface area contributed by atoms with Gasteiger partial charge in [-0.2, -0.15) is 0 Å². The first-order chi connectivity index (χ1) is 13.0. The van der Waals surface area contributed by atoms with E-state index in [1.54, 1.807) is 18.2 Å². The lowest BCUT2D eigenvalue weighted by atomic mass is 9.80. The molecule has 27 heavy (non-hydrogen) atoms. The molecule has 3 aliphatic rings. The number of anilines is 1. The second kappa shape index (κ2) is 6.75. The molecule has 8 nitrogen and oxygen atoms in total. The van der Waals surface area contributed by atoms with E-state index >= 15 is 0 Å². The number of methoxy groups -OCH3 is 2. The van der Waals surface area contributed by atoms with Gasteiger partial charge in [0.2, 0.25) is 0 Å². The monoisotopic (exact) mass is 375 g/mol. The van der Waals surface area contributed by atoms with E-state index < -0.39 is 30.3 Å². The van der Waals surface area contributed by atoms with Gasteiger partial charge in [0.25, 0.3) is 5.91 Å². The Morgan fingerprint density at radius 2 is 2.04 bits per heavy atom. The van der Waals surface area contributed by atoms with Crippen LogP contribution in [0.1, 0.15) is 12.8 Å². The summed E-state index contributed by atoms with van der Waals surface area (Å²) in [5, 5.41) is 2.65. The SMILES string of the molecule is COc1ccc(OC)c(NC(=O)COC(=O)[C@@H]2[C@@H]3C[C@@H]4[C@@H]2C(=O)O[C@@H]4C3)c1. The van der Waals surface area contributed by atoms with Crippen molar-refractivity contribution in [3.63, 3.8) is 0 Å². The number of ether oxygens (including phenoxy) is 4. The summed E-state index contributed by atoms with van der Waals surface area (Å²) in [5.74, 6) is -0.980. The van der Waals surface area contributed by atoms with Crippen molar-refractivity contribution < 1.29 is 33.3 Å². The summed E-state index contributed by atoms with van der Waals surface area (Å²) in [6.07, 6.45) is 1.48. The van der Waals surface area contributed by atoms with Gasteiger partial charge in [-0.15, -0.1) is 0 Å². The van der Waals surface area contributed by atoms with Gasteiger partial charge in [0.15, 0.2) is 6.61 Å². The molecule has 1 amide bonds. The zero-order valence-corrected chi connectivity index (χ0v) is 15.1. The molecule has 4 rings (SSSR count). The Kier molecular flexibility index (Phi) is 4.41. The summed E-state index contributed by atoms with van der Waals surface area (Å²) in [6.45, 7) is -0.432. The van der Waals surface area contributed by atoms with Crippen molar-refractivity contribution in [2.45, 2.75) is 18.9 Å². The van der Waals surface area contributed by atoms with E-state index in [2.05, 4.69) is 5.32 Å². The maximum atomic E-state index is 12.5. The molecule has 1 aromatic rings. The second-order valence-corrected chi connectivity index (χ2v) is 7.14. The van der Waals surface area contributed by atoms with E-state index in [4.69, 9.17) is 18.9 Å². The summed E-state index contributed by atoms with van der Waals surface area (Å²) in [6, 6.07) is 4.98. The third kappa shape index (κ3) is 2.98. The molecule has 2 saturated carbocycles. The molecule has 144 valence electrons. The van der Waals surface area contributed by atoms with Crippen LogP contribution in [0.4, 0.5) is 5.69 Å². The summed E-state index contributed by atoms with van der Waals surface area (Å²) in [4.78, 5) is 36.7. The molecule has 8 heteroatoms. The van der Waals surface area contributed by atoms with Crippen LogP contribution in [0.15, 0.2) is 18.2 Å². The fourth-order valence-electron chi connectivity index (χ4n) is 4.66. The van der Waals surface area contributed by atoms with E-state index in [1.807, 2.05) is 0 Å². The van der Waals surface area contributed by atoms with Gasteiger partial charge in [0.05, 0.1) is 31.7 Å². The normalized spacial score (nSPS) is 30.0. The Morgan fingerprint density at radius 3 is 2.78 bits per heavy atom. The highest BCUT2D eigenvalue weighted by atomic mass is 16.6. The Labute approximate surface area is 156 Å². The lowest BCUT2D eigenvalue weighted by Gasteiger charge is -2.22. The Hall–Kier alpha value is -2.77. The summed E-state index contributed by atoms with van der Waals surface area (Å²) in [5.41, 5.74) is 0.417. The molecule has 0 aromatic heterocycles. The van der Waals surface area contributed by atoms with Gasteiger partial charge in [-0.3, -0.25) is 14.4 Å². The van der Waals surface area contributed by atoms with Gasteiger partial charge < -0.3 is 24.3 Å². The molecule has 1 N–H and O–H groups in total. The lowest BCUT2D eigenvalue weighted by molar-refractivity contribution is -0.157. The third-order valence-corrected chi connectivity index (χ3v) is 5.78. The molecular weight excluding hydrogens is 354 g/mol. The summed E-state index contributed by atoms with van der Waals surface area (Å²) < 4.78 is 20.9. The molecule has 1 aliphatic heterocycles. The van der Waals surface area contributed by atoms with Gasteiger partial charge in [0.1, 0.15) is 17.6 Å². The number of rotatable bonds is 6. The van der Waals surface area contributed by atoms with E-state index in [9.17, 15) is 14.4 Å². The number of benzene rings is 1. The third-order valence-electron chi connectivity index (χ3n) is 5.78. The second-order valence-electron chi connectivity index (χ2n) is 7.14. The van der Waals surface area contributed by atoms with E-state index in [-0.39, 0.29) is 23.9 Å². The lowest BCUT2D eigenvalue weighted by Crippen LogP contribution is -2.35. The van der Waals surface area contributed by atoms with Gasteiger partial charge in [-0.05, 0) is 30.9 Å². The number of carbonyl (C=O) groups excluding carboxylic acids is 3. The molecule has 2 bridgehead atoms. The number of amides is 1. The predicted octanol–water partition coefficient (Wildman–Crippen LogP) is 1.38. The number of hydrogen-bond donors (Lipinski definition) is 1. The first-order valence-corrected chi connectivity index (χ1v) is 8.91. The van der Waals surface area contributed by atoms with Gasteiger partial charge in [-0.1, -0.05) is 0 Å². The molecule has 3 fully saturated rings. The Balaban J connectivity index is 1.36. The van der Waals surface area contributed by atoms with Crippen LogP contribution in [0.3, 0.4) is 0 Å². The Morgan fingerprint density at radius 1 is 1.22 bits per heavy atom. The largest absolute Gasteiger partial charge is 0.497 e. The van der Waals surface area contributed by atoms with Crippen molar-refractivity contribution in [1.29, 1.82) is 0 Å². The molecule has 1 heterocycles. The quantitative estimate of drug-likeness (QED) is 0.750. The molecule has 2 aliphatic carbocycles. The van der Waals surface area contributed by atoms with Gasteiger partial charge in [0, 0.05) is 12.0 Å². The zero-order valence-electron chi connectivity index (χ0n) is 15.1. The Bertz CT molecular complexity index is 790. The standard InChI is InChI=1S/C19H21NO7/c1-24-10-3-4-13(25-2)12(7-10)20-15(21)8-26-18(22)16-9-5-11-14(6-9)27-19(23)17(11)16/h3-4,7,9,11,14,16-17H,5-6,8H2,1-2H3,(H,20,21)/t9-,11+,14-,16-,17+/m1/s1. The molecule has 0 radical (unpaired) electrons. The number of carbonyl (C=O) groups is 3. The fraction of sp³-hybridized carbons (Fsp3) is 0.526. The smallest absolute Gasteiger partial charge is 0.310 e. The van der Waals surface area contributed by atoms with Gasteiger partial charge >= 0.3 is 11.9 Å². The highest BCUT2D eigenvalue weighted by Gasteiger charge is 2.64. The summed E-state index contributed by atoms with van der Waals surface area (Å²) in [7, 11) is 3.00. The fourth-order valence-corrected chi connectivity index (χ4v) is 4.66. The van der Waals surface area contributed by atoms with Crippen LogP contribution in [0.5, 0.6) is 11.5 Å². The van der Waals surface area contributed by atoms with Crippen LogP contribution in [-0.4, -0.2) is 44.8 Å². The van der Waals surface area contributed by atoms with E-state index in [1.165, 1.54) is 14.2 Å². The topological polar surface area (TPSA) is 100 Å². The van der Waals surface area contributed by atoms with Gasteiger partial charge in [-0.25, -0.2) is 0 Å². The molecule has 1 aromatic carbocycles. The average Bonchev–Trinajstić information content (AvgIpc) is 3.28. The van der Waals surface area contributed by atoms with E-state index in [0.717, 1.165) is 6.42 Å². The van der Waals surface area contributed by atoms with Crippen molar-refractivity contribution in [3.8, 4) is 11.5 Å². The minimum atomic E-state index is -0.502. The zero-order chi connectivity index (χ0) is 19.1. The maximum Gasteiger partial charge on any atom is 0.310 e. The van der Waals surface area contributed by atoms with Crippen molar-refractivity contribution in [2.24, 2.45) is 23.7 Å². The minimum Gasteiger partial charge on any atom is -0.497 e. The number of esters is 2. The highest BCUT2D eigenvalue weighted by molar-refractivity contribution is 5.95. The van der Waals surface area contributed by atoms with Crippen LogP contribution in [0, 0.1) is 23.7 Å². The van der Waals surface area contributed by atoms with Crippen LogP contribution < -0.4 is 14.8 Å². The van der Waals surface area contributed by atoms with Crippen molar-refractivity contribution in [2.75, 3.05) is 26.1 Å². The number of hydrogen-bond acceptors (Lipinski definition) is 7.